The zero-order valence-electron chi connectivity index (χ0n) is 7.63. The van der Waals surface area contributed by atoms with Crippen molar-refractivity contribution in [1.82, 2.24) is 0 Å². The fraction of sp³-hybridized carbons (Fsp3) is 0.333. The zero-order valence-corrected chi connectivity index (χ0v) is 9.20. The molecule has 0 bridgehead atoms. The van der Waals surface area contributed by atoms with Crippen molar-refractivity contribution in [2.45, 2.75) is 13.3 Å². The van der Waals surface area contributed by atoms with Gasteiger partial charge in [-0.15, -0.1) is 0 Å². The van der Waals surface area contributed by atoms with Crippen molar-refractivity contribution < 1.29 is 12.8 Å². The molecule has 1 rings (SSSR count). The molecule has 0 unspecified atom stereocenters. The summed E-state index contributed by atoms with van der Waals surface area (Å²) in [5, 5.41) is 0. The van der Waals surface area contributed by atoms with Crippen LogP contribution in [0.3, 0.4) is 0 Å². The summed E-state index contributed by atoms with van der Waals surface area (Å²) in [5.41, 5.74) is 1.42. The molecule has 1 aromatic rings. The maximum absolute atomic E-state index is 12.9. The minimum atomic E-state index is -3.50. The van der Waals surface area contributed by atoms with Crippen LogP contribution >= 0.6 is 10.7 Å². The second-order valence-corrected chi connectivity index (χ2v) is 6.03. The number of rotatable bonds is 3. The standard InChI is InChI=1S/C9H10ClFO2S/c1-7-4-8(6-9(11)5-7)2-3-14(10,12)13/h4-6H,2-3H2,1H3. The lowest BCUT2D eigenvalue weighted by Gasteiger charge is -2.01. The molecule has 14 heavy (non-hydrogen) atoms. The van der Waals surface area contributed by atoms with E-state index in [-0.39, 0.29) is 18.0 Å². The van der Waals surface area contributed by atoms with Gasteiger partial charge in [-0.05, 0) is 36.6 Å². The first-order valence-corrected chi connectivity index (χ1v) is 6.53. The molecule has 0 aromatic heterocycles. The van der Waals surface area contributed by atoms with E-state index in [2.05, 4.69) is 0 Å². The second kappa shape index (κ2) is 4.28. The Bertz CT molecular complexity index is 408. The summed E-state index contributed by atoms with van der Waals surface area (Å²) < 4.78 is 34.2. The Morgan fingerprint density at radius 1 is 1.36 bits per heavy atom. The van der Waals surface area contributed by atoms with E-state index in [1.807, 2.05) is 0 Å². The van der Waals surface area contributed by atoms with E-state index in [0.717, 1.165) is 5.56 Å². The highest BCUT2D eigenvalue weighted by Crippen LogP contribution is 2.10. The summed E-state index contributed by atoms with van der Waals surface area (Å²) in [6.07, 6.45) is 0.241. The van der Waals surface area contributed by atoms with Crippen molar-refractivity contribution >= 4 is 19.7 Å². The molecule has 0 amide bonds. The van der Waals surface area contributed by atoms with Gasteiger partial charge in [-0.25, -0.2) is 12.8 Å². The van der Waals surface area contributed by atoms with Gasteiger partial charge in [0.1, 0.15) is 5.82 Å². The van der Waals surface area contributed by atoms with E-state index in [4.69, 9.17) is 10.7 Å². The normalized spacial score (nSPS) is 11.6. The highest BCUT2D eigenvalue weighted by molar-refractivity contribution is 8.13. The molecular formula is C9H10ClFO2S. The zero-order chi connectivity index (χ0) is 10.8. The van der Waals surface area contributed by atoms with E-state index in [1.165, 1.54) is 12.1 Å². The van der Waals surface area contributed by atoms with Crippen molar-refractivity contribution in [3.63, 3.8) is 0 Å². The smallest absolute Gasteiger partial charge is 0.212 e. The lowest BCUT2D eigenvalue weighted by molar-refractivity contribution is 0.607. The Kier molecular flexibility index (Phi) is 3.50. The molecule has 0 radical (unpaired) electrons. The maximum Gasteiger partial charge on any atom is 0.232 e. The van der Waals surface area contributed by atoms with Gasteiger partial charge in [-0.2, -0.15) is 0 Å². The number of halogens is 2. The van der Waals surface area contributed by atoms with Gasteiger partial charge in [0.25, 0.3) is 0 Å². The molecule has 0 fully saturated rings. The summed E-state index contributed by atoms with van der Waals surface area (Å²) in [5.74, 6) is -0.524. The van der Waals surface area contributed by atoms with E-state index in [0.29, 0.717) is 5.56 Å². The Hall–Kier alpha value is -0.610. The number of benzene rings is 1. The van der Waals surface area contributed by atoms with Gasteiger partial charge in [-0.3, -0.25) is 0 Å². The Morgan fingerprint density at radius 2 is 2.00 bits per heavy atom. The summed E-state index contributed by atoms with van der Waals surface area (Å²) in [7, 11) is 1.54. The third-order valence-electron chi connectivity index (χ3n) is 1.74. The van der Waals surface area contributed by atoms with E-state index in [9.17, 15) is 12.8 Å². The fourth-order valence-electron chi connectivity index (χ4n) is 1.20. The van der Waals surface area contributed by atoms with Crippen molar-refractivity contribution in [2.75, 3.05) is 5.75 Å². The third kappa shape index (κ3) is 4.07. The molecule has 0 saturated heterocycles. The lowest BCUT2D eigenvalue weighted by Crippen LogP contribution is -2.01. The van der Waals surface area contributed by atoms with Crippen LogP contribution in [0.4, 0.5) is 4.39 Å². The summed E-state index contributed by atoms with van der Waals surface area (Å²) >= 11 is 0. The van der Waals surface area contributed by atoms with Gasteiger partial charge in [0.05, 0.1) is 5.75 Å². The van der Waals surface area contributed by atoms with Crippen LogP contribution in [0.5, 0.6) is 0 Å². The minimum absolute atomic E-state index is 0.169. The Balaban J connectivity index is 2.78. The number of hydrogen-bond donors (Lipinski definition) is 0. The average molecular weight is 237 g/mol. The Labute approximate surface area is 87.1 Å². The molecule has 78 valence electrons. The van der Waals surface area contributed by atoms with Crippen molar-refractivity contribution in [2.24, 2.45) is 0 Å². The molecule has 2 nitrogen and oxygen atoms in total. The van der Waals surface area contributed by atoms with Crippen molar-refractivity contribution in [3.05, 3.63) is 35.1 Å². The highest BCUT2D eigenvalue weighted by Gasteiger charge is 2.06. The molecule has 5 heteroatoms. The first-order chi connectivity index (χ1) is 6.37. The van der Waals surface area contributed by atoms with Crippen LogP contribution in [0.25, 0.3) is 0 Å². The predicted octanol–water partition coefficient (Wildman–Crippen LogP) is 2.25. The molecule has 0 aliphatic rings. The first kappa shape index (κ1) is 11.5. The molecule has 0 aliphatic heterocycles. The van der Waals surface area contributed by atoms with Crippen LogP contribution in [-0.4, -0.2) is 14.2 Å². The SMILES string of the molecule is Cc1cc(F)cc(CCS(=O)(=O)Cl)c1. The van der Waals surface area contributed by atoms with E-state index in [1.54, 1.807) is 13.0 Å². The monoisotopic (exact) mass is 236 g/mol. The van der Waals surface area contributed by atoms with Crippen molar-refractivity contribution in [3.8, 4) is 0 Å². The van der Waals surface area contributed by atoms with Gasteiger partial charge in [0.15, 0.2) is 0 Å². The summed E-state index contributed by atoms with van der Waals surface area (Å²) in [6, 6.07) is 4.44. The van der Waals surface area contributed by atoms with Crippen LogP contribution in [0.1, 0.15) is 11.1 Å². The molecule has 0 heterocycles. The topological polar surface area (TPSA) is 34.1 Å². The van der Waals surface area contributed by atoms with E-state index >= 15 is 0 Å². The minimum Gasteiger partial charge on any atom is -0.212 e. The molecule has 0 saturated carbocycles. The van der Waals surface area contributed by atoms with Crippen LogP contribution < -0.4 is 0 Å². The van der Waals surface area contributed by atoms with Gasteiger partial charge < -0.3 is 0 Å². The lowest BCUT2D eigenvalue weighted by atomic mass is 10.1. The van der Waals surface area contributed by atoms with Gasteiger partial charge in [-0.1, -0.05) is 6.07 Å². The van der Waals surface area contributed by atoms with Gasteiger partial charge in [0.2, 0.25) is 9.05 Å². The molecule has 0 N–H and O–H groups in total. The summed E-state index contributed by atoms with van der Waals surface area (Å²) in [4.78, 5) is 0. The van der Waals surface area contributed by atoms with Gasteiger partial charge >= 0.3 is 0 Å². The highest BCUT2D eigenvalue weighted by atomic mass is 35.7. The van der Waals surface area contributed by atoms with Crippen LogP contribution in [0, 0.1) is 12.7 Å². The molecule has 0 spiro atoms. The third-order valence-corrected chi connectivity index (χ3v) is 2.89. The van der Waals surface area contributed by atoms with Crippen LogP contribution in [0.2, 0.25) is 0 Å². The molecule has 0 atom stereocenters. The maximum atomic E-state index is 12.9. The first-order valence-electron chi connectivity index (χ1n) is 4.05. The predicted molar refractivity (Wildman–Crippen MR) is 54.5 cm³/mol. The largest absolute Gasteiger partial charge is 0.232 e. The Morgan fingerprint density at radius 3 is 2.50 bits per heavy atom. The van der Waals surface area contributed by atoms with Crippen molar-refractivity contribution in [1.29, 1.82) is 0 Å². The molecule has 0 aliphatic carbocycles. The molecular weight excluding hydrogens is 227 g/mol. The fourth-order valence-corrected chi connectivity index (χ4v) is 1.91. The number of aryl methyl sites for hydroxylation is 2. The van der Waals surface area contributed by atoms with Gasteiger partial charge in [0, 0.05) is 10.7 Å². The summed E-state index contributed by atoms with van der Waals surface area (Å²) in [6.45, 7) is 1.75. The van der Waals surface area contributed by atoms with Crippen LogP contribution in [-0.2, 0) is 15.5 Å². The second-order valence-electron chi connectivity index (χ2n) is 3.13. The average Bonchev–Trinajstić information content (AvgIpc) is 1.97. The quantitative estimate of drug-likeness (QED) is 0.755. The molecule has 1 aromatic carbocycles. The van der Waals surface area contributed by atoms with Crippen LogP contribution in [0.15, 0.2) is 18.2 Å². The van der Waals surface area contributed by atoms with E-state index < -0.39 is 9.05 Å². The number of hydrogen-bond acceptors (Lipinski definition) is 2.